The van der Waals surface area contributed by atoms with Crippen molar-refractivity contribution < 1.29 is 9.21 Å². The van der Waals surface area contributed by atoms with E-state index in [0.717, 1.165) is 52.9 Å². The minimum atomic E-state index is -0.785. The second kappa shape index (κ2) is 12.3. The summed E-state index contributed by atoms with van der Waals surface area (Å²) < 4.78 is 6.38. The predicted molar refractivity (Wildman–Crippen MR) is 183 cm³/mol. The highest BCUT2D eigenvalue weighted by atomic mass is 16.4. The molecule has 1 aromatic heterocycles. The molecule has 2 heterocycles. The lowest BCUT2D eigenvalue weighted by Gasteiger charge is -2.37. The van der Waals surface area contributed by atoms with E-state index in [-0.39, 0.29) is 18.0 Å². The molecule has 0 spiro atoms. The lowest BCUT2D eigenvalue weighted by Crippen LogP contribution is -2.42. The molecule has 9 heteroatoms. The number of carbonyl (C=O) groups excluding carboxylic acids is 1. The lowest BCUT2D eigenvalue weighted by atomic mass is 9.68. The van der Waals surface area contributed by atoms with Crippen LogP contribution < -0.4 is 5.32 Å². The third-order valence-electron chi connectivity index (χ3n) is 10.7. The number of carbonyl (C=O) groups is 1. The Bertz CT molecular complexity index is 1690. The Labute approximate surface area is 278 Å². The van der Waals surface area contributed by atoms with Crippen molar-refractivity contribution in [2.24, 2.45) is 11.8 Å². The second-order valence-corrected chi connectivity index (χ2v) is 14.2. The van der Waals surface area contributed by atoms with Gasteiger partial charge in [0, 0.05) is 70.7 Å². The Morgan fingerprint density at radius 3 is 2.30 bits per heavy atom. The maximum atomic E-state index is 13.1. The average molecular weight is 634 g/mol. The van der Waals surface area contributed by atoms with Crippen LogP contribution in [-0.4, -0.2) is 83.7 Å². The minimum absolute atomic E-state index is 0.00665. The molecule has 2 aliphatic carbocycles. The molecule has 1 N–H and O–H groups in total. The van der Waals surface area contributed by atoms with Crippen molar-refractivity contribution in [3.8, 4) is 6.07 Å². The molecule has 2 fully saturated rings. The minimum Gasteiger partial charge on any atom is -0.424 e. The molecule has 9 nitrogen and oxygen atoms in total. The molecular formula is C38H47N7O2. The summed E-state index contributed by atoms with van der Waals surface area (Å²) in [7, 11) is 7.57. The number of likely N-dealkylation sites (tertiary alicyclic amines) is 1. The molecule has 1 saturated carbocycles. The fraction of sp³-hybridized carbons (Fsp3) is 0.474. The molecule has 3 aromatic rings. The van der Waals surface area contributed by atoms with Gasteiger partial charge in [0.25, 0.3) is 5.91 Å². The van der Waals surface area contributed by atoms with Gasteiger partial charge in [-0.25, -0.2) is 0 Å². The summed E-state index contributed by atoms with van der Waals surface area (Å²) in [6.45, 7) is 15.6. The van der Waals surface area contributed by atoms with Crippen LogP contribution in [0.15, 0.2) is 59.7 Å². The van der Waals surface area contributed by atoms with Crippen LogP contribution in [0.3, 0.4) is 0 Å². The number of benzene rings is 2. The van der Waals surface area contributed by atoms with E-state index in [1.165, 1.54) is 5.56 Å². The van der Waals surface area contributed by atoms with Crippen molar-refractivity contribution in [2.45, 2.75) is 70.0 Å². The standard InChI is InChI=1S/C38H47N7O2/c1-22(40-21-23(2)45-31(20-39)18-32-24(3)35(32)45)19-38(37-42-41-26(5)47-37)33-14-12-27(25(4)43(6)7)16-28(33)10-11-29-17-30(13-15-34(29)38)36(46)44(8)9/h12-17,22,24,31-32,35,40H,2,4,10-11,18-19,21H2,1,3,5-9H3/t22-,24+,31?,32-,35+,38?/m1/s1. The van der Waals surface area contributed by atoms with Crippen LogP contribution in [0, 0.1) is 30.1 Å². The van der Waals surface area contributed by atoms with Gasteiger partial charge in [0.1, 0.15) is 11.5 Å². The van der Waals surface area contributed by atoms with Crippen molar-refractivity contribution in [1.82, 2.24) is 30.2 Å². The average Bonchev–Trinajstić information content (AvgIpc) is 3.34. The van der Waals surface area contributed by atoms with E-state index < -0.39 is 5.41 Å². The number of hydrogen-bond acceptors (Lipinski definition) is 8. The van der Waals surface area contributed by atoms with Crippen LogP contribution in [0.1, 0.15) is 76.6 Å². The summed E-state index contributed by atoms with van der Waals surface area (Å²) in [4.78, 5) is 19.0. The summed E-state index contributed by atoms with van der Waals surface area (Å²) in [6, 6.07) is 15.5. The summed E-state index contributed by atoms with van der Waals surface area (Å²) in [5.41, 5.74) is 7.31. The molecule has 2 aromatic carbocycles. The first-order valence-corrected chi connectivity index (χ1v) is 16.6. The number of rotatable bonds is 10. The molecule has 1 amide bonds. The number of hydrogen-bond donors (Lipinski definition) is 1. The van der Waals surface area contributed by atoms with E-state index in [1.807, 2.05) is 38.1 Å². The highest BCUT2D eigenvalue weighted by molar-refractivity contribution is 5.94. The van der Waals surface area contributed by atoms with Crippen LogP contribution >= 0.6 is 0 Å². The molecule has 1 saturated heterocycles. The molecule has 47 heavy (non-hydrogen) atoms. The van der Waals surface area contributed by atoms with Crippen LogP contribution in [0.25, 0.3) is 5.70 Å². The molecule has 0 bridgehead atoms. The van der Waals surface area contributed by atoms with Gasteiger partial charge in [-0.15, -0.1) is 10.2 Å². The van der Waals surface area contributed by atoms with Crippen molar-refractivity contribution in [3.63, 3.8) is 0 Å². The van der Waals surface area contributed by atoms with Gasteiger partial charge in [-0.2, -0.15) is 5.26 Å². The molecular weight excluding hydrogens is 586 g/mol. The molecule has 1 aliphatic heterocycles. The maximum Gasteiger partial charge on any atom is 0.253 e. The topological polar surface area (TPSA) is 102 Å². The first-order valence-electron chi connectivity index (χ1n) is 16.6. The first-order chi connectivity index (χ1) is 22.4. The molecule has 0 radical (unpaired) electrons. The number of nitrogens with zero attached hydrogens (tertiary/aromatic N) is 6. The number of aryl methyl sites for hydroxylation is 3. The number of aromatic nitrogens is 2. The summed E-state index contributed by atoms with van der Waals surface area (Å²) in [6.07, 6.45) is 3.09. The normalized spacial score (nSPS) is 24.7. The van der Waals surface area contributed by atoms with Crippen LogP contribution in [0.2, 0.25) is 0 Å². The smallest absolute Gasteiger partial charge is 0.253 e. The van der Waals surface area contributed by atoms with Gasteiger partial charge >= 0.3 is 0 Å². The number of amides is 1. The largest absolute Gasteiger partial charge is 0.424 e. The molecule has 6 rings (SSSR count). The van der Waals surface area contributed by atoms with Gasteiger partial charge in [0.2, 0.25) is 11.8 Å². The van der Waals surface area contributed by atoms with E-state index in [4.69, 9.17) is 4.42 Å². The Hall–Kier alpha value is -4.42. The number of nitriles is 1. The van der Waals surface area contributed by atoms with Gasteiger partial charge in [-0.3, -0.25) is 4.79 Å². The highest BCUT2D eigenvalue weighted by Crippen LogP contribution is 2.54. The number of nitrogens with one attached hydrogen (secondary N) is 1. The van der Waals surface area contributed by atoms with E-state index in [9.17, 15) is 10.1 Å². The zero-order valence-electron chi connectivity index (χ0n) is 28.8. The van der Waals surface area contributed by atoms with Gasteiger partial charge in [0.15, 0.2) is 0 Å². The number of fused-ring (bicyclic) bond motifs is 3. The van der Waals surface area contributed by atoms with Crippen LogP contribution in [0.5, 0.6) is 0 Å². The van der Waals surface area contributed by atoms with E-state index in [2.05, 4.69) is 77.8 Å². The monoisotopic (exact) mass is 633 g/mol. The maximum absolute atomic E-state index is 13.1. The number of piperidine rings is 1. The van der Waals surface area contributed by atoms with Crippen LogP contribution in [-0.2, 0) is 18.3 Å². The van der Waals surface area contributed by atoms with Crippen molar-refractivity contribution >= 4 is 11.6 Å². The first kappa shape index (κ1) is 32.5. The lowest BCUT2D eigenvalue weighted by molar-refractivity contribution is 0.0827. The summed E-state index contributed by atoms with van der Waals surface area (Å²) >= 11 is 0. The van der Waals surface area contributed by atoms with Gasteiger partial charge in [0.05, 0.1) is 6.07 Å². The van der Waals surface area contributed by atoms with E-state index >= 15 is 0 Å². The molecule has 2 unspecified atom stereocenters. The SMILES string of the molecule is C=C(c1ccc2c(c1)CCc1cc(C(=O)N(C)C)ccc1C2(C[C@@H](C)NCC(=C)N1C(C#N)C[C@@H]2[C@H](C)[C@@H]21)c1nnc(C)o1)N(C)C. The third kappa shape index (κ3) is 5.63. The fourth-order valence-electron chi connectivity index (χ4n) is 8.06. The van der Waals surface area contributed by atoms with Gasteiger partial charge < -0.3 is 24.4 Å². The highest BCUT2D eigenvalue weighted by Gasteiger charge is 2.58. The van der Waals surface area contributed by atoms with E-state index in [1.54, 1.807) is 19.0 Å². The second-order valence-electron chi connectivity index (χ2n) is 14.2. The molecule has 246 valence electrons. The quantitative estimate of drug-likeness (QED) is 0.327. The fourth-order valence-corrected chi connectivity index (χ4v) is 8.06. The van der Waals surface area contributed by atoms with Crippen molar-refractivity contribution in [3.05, 3.63) is 100 Å². The van der Waals surface area contributed by atoms with Gasteiger partial charge in [-0.1, -0.05) is 38.3 Å². The Morgan fingerprint density at radius 2 is 1.72 bits per heavy atom. The molecule has 3 aliphatic rings. The van der Waals surface area contributed by atoms with Gasteiger partial charge in [-0.05, 0) is 90.5 Å². The molecule has 6 atom stereocenters. The Kier molecular flexibility index (Phi) is 8.52. The zero-order chi connectivity index (χ0) is 33.8. The van der Waals surface area contributed by atoms with Crippen LogP contribution in [0.4, 0.5) is 0 Å². The van der Waals surface area contributed by atoms with E-state index in [0.29, 0.717) is 48.2 Å². The predicted octanol–water partition coefficient (Wildman–Crippen LogP) is 5.16. The van der Waals surface area contributed by atoms with Crippen molar-refractivity contribution in [2.75, 3.05) is 34.7 Å². The Morgan fingerprint density at radius 1 is 1.09 bits per heavy atom. The zero-order valence-corrected chi connectivity index (χ0v) is 28.8. The third-order valence-corrected chi connectivity index (χ3v) is 10.7. The van der Waals surface area contributed by atoms with Crippen molar-refractivity contribution in [1.29, 1.82) is 5.26 Å². The summed E-state index contributed by atoms with van der Waals surface area (Å²) in [5.74, 6) is 2.21. The summed E-state index contributed by atoms with van der Waals surface area (Å²) in [5, 5.41) is 22.6. The Balaban J connectivity index is 1.43.